The zero-order valence-electron chi connectivity index (χ0n) is 21.4. The molecule has 1 aliphatic heterocycles. The molecular weight excluding hydrogens is 477 g/mol. The molecule has 4 atom stereocenters. The van der Waals surface area contributed by atoms with Gasteiger partial charge in [0.2, 0.25) is 5.91 Å². The lowest BCUT2D eigenvalue weighted by molar-refractivity contribution is -0.155. The molecule has 0 saturated carbocycles. The van der Waals surface area contributed by atoms with Crippen molar-refractivity contribution in [1.82, 2.24) is 4.90 Å². The predicted octanol–water partition coefficient (Wildman–Crippen LogP) is 8.35. The second-order valence-corrected chi connectivity index (χ2v) is 11.8. The smallest absolute Gasteiger partial charge is 0.229 e. The lowest BCUT2D eigenvalue weighted by Gasteiger charge is -2.52. The van der Waals surface area contributed by atoms with E-state index in [9.17, 15) is 9.90 Å². The van der Waals surface area contributed by atoms with Crippen molar-refractivity contribution in [2.75, 3.05) is 0 Å². The molecule has 0 bridgehead atoms. The number of allylic oxidation sites excluding steroid dienone is 1. The Morgan fingerprint density at radius 3 is 2.43 bits per heavy atom. The standard InChI is InChI=1S/C30H39Cl2NO2/c1-6-17-30(5)20-26(22-10-8-11-24(32)19-22)27(21-13-15-23(31)16-14-21)33(28(30)34)25(7-2)12-9-18-29(3,4)35/h6,8,10-11,13-16,19,25-27,35H,1,7,9,12,17-18,20H2,2-5H3/t25-,26+,27?,30-/m0/s1. The van der Waals surface area contributed by atoms with Crippen molar-refractivity contribution >= 4 is 29.1 Å². The maximum atomic E-state index is 14.3. The Hall–Kier alpha value is -1.81. The number of nitrogens with zero attached hydrogens (tertiary/aromatic N) is 1. The average Bonchev–Trinajstić information content (AvgIpc) is 2.79. The number of aliphatic hydroxyl groups is 1. The highest BCUT2D eigenvalue weighted by molar-refractivity contribution is 6.30. The molecule has 1 amide bonds. The van der Waals surface area contributed by atoms with Gasteiger partial charge in [-0.1, -0.05) is 67.4 Å². The van der Waals surface area contributed by atoms with E-state index < -0.39 is 11.0 Å². The van der Waals surface area contributed by atoms with Gasteiger partial charge < -0.3 is 10.0 Å². The third-order valence-corrected chi connectivity index (χ3v) is 7.86. The summed E-state index contributed by atoms with van der Waals surface area (Å²) >= 11 is 12.7. The largest absolute Gasteiger partial charge is 0.390 e. The number of carbonyl (C=O) groups excluding carboxylic acids is 1. The lowest BCUT2D eigenvalue weighted by atomic mass is 9.67. The van der Waals surface area contributed by atoms with Crippen LogP contribution in [0.4, 0.5) is 0 Å². The van der Waals surface area contributed by atoms with Crippen LogP contribution in [-0.2, 0) is 4.79 Å². The second-order valence-electron chi connectivity index (χ2n) is 10.9. The van der Waals surface area contributed by atoms with Crippen LogP contribution in [0.5, 0.6) is 0 Å². The molecule has 1 unspecified atom stereocenters. The zero-order valence-corrected chi connectivity index (χ0v) is 22.9. The van der Waals surface area contributed by atoms with Crippen molar-refractivity contribution in [1.29, 1.82) is 0 Å². The molecule has 1 aliphatic rings. The number of benzene rings is 2. The summed E-state index contributed by atoms with van der Waals surface area (Å²) in [7, 11) is 0. The first-order chi connectivity index (χ1) is 16.5. The highest BCUT2D eigenvalue weighted by Gasteiger charge is 2.50. The van der Waals surface area contributed by atoms with E-state index in [0.29, 0.717) is 29.3 Å². The zero-order chi connectivity index (χ0) is 25.8. The molecule has 1 saturated heterocycles. The van der Waals surface area contributed by atoms with Crippen LogP contribution in [0.3, 0.4) is 0 Å². The molecule has 3 rings (SSSR count). The van der Waals surface area contributed by atoms with Crippen molar-refractivity contribution in [3.63, 3.8) is 0 Å². The highest BCUT2D eigenvalue weighted by Crippen LogP contribution is 2.52. The van der Waals surface area contributed by atoms with E-state index >= 15 is 0 Å². The Kier molecular flexibility index (Phi) is 9.12. The molecule has 3 nitrogen and oxygen atoms in total. The fourth-order valence-electron chi connectivity index (χ4n) is 5.60. The number of rotatable bonds is 10. The Morgan fingerprint density at radius 1 is 1.17 bits per heavy atom. The summed E-state index contributed by atoms with van der Waals surface area (Å²) in [6.45, 7) is 11.9. The van der Waals surface area contributed by atoms with Crippen molar-refractivity contribution in [2.24, 2.45) is 5.41 Å². The molecule has 190 valence electrons. The van der Waals surface area contributed by atoms with Crippen LogP contribution in [0.2, 0.25) is 10.0 Å². The van der Waals surface area contributed by atoms with Crippen molar-refractivity contribution in [3.8, 4) is 0 Å². The summed E-state index contributed by atoms with van der Waals surface area (Å²) in [6, 6.07) is 15.9. The van der Waals surface area contributed by atoms with E-state index in [1.807, 2.05) is 62.4 Å². The average molecular weight is 517 g/mol. The summed E-state index contributed by atoms with van der Waals surface area (Å²) in [5, 5.41) is 11.6. The van der Waals surface area contributed by atoms with Gasteiger partial charge in [-0.15, -0.1) is 6.58 Å². The van der Waals surface area contributed by atoms with Gasteiger partial charge in [0.15, 0.2) is 0 Å². The summed E-state index contributed by atoms with van der Waals surface area (Å²) in [6.07, 6.45) is 6.41. The monoisotopic (exact) mass is 515 g/mol. The first kappa shape index (κ1) is 27.8. The van der Waals surface area contributed by atoms with Gasteiger partial charge >= 0.3 is 0 Å². The number of hydrogen-bond donors (Lipinski definition) is 1. The van der Waals surface area contributed by atoms with E-state index in [0.717, 1.165) is 30.4 Å². The summed E-state index contributed by atoms with van der Waals surface area (Å²) < 4.78 is 0. The van der Waals surface area contributed by atoms with Gasteiger partial charge in [0.1, 0.15) is 0 Å². The molecule has 2 aromatic rings. The number of piperidine rings is 1. The van der Waals surface area contributed by atoms with E-state index in [-0.39, 0.29) is 23.9 Å². The van der Waals surface area contributed by atoms with Gasteiger partial charge in [-0.25, -0.2) is 0 Å². The fourth-order valence-corrected chi connectivity index (χ4v) is 5.92. The first-order valence-electron chi connectivity index (χ1n) is 12.7. The molecule has 2 aromatic carbocycles. The lowest BCUT2D eigenvalue weighted by Crippen LogP contribution is -2.55. The summed E-state index contributed by atoms with van der Waals surface area (Å²) in [5.41, 5.74) is 0.938. The van der Waals surface area contributed by atoms with E-state index in [1.54, 1.807) is 0 Å². The molecule has 0 spiro atoms. The third-order valence-electron chi connectivity index (χ3n) is 7.38. The number of hydrogen-bond acceptors (Lipinski definition) is 2. The van der Waals surface area contributed by atoms with Crippen LogP contribution in [0.15, 0.2) is 61.2 Å². The van der Waals surface area contributed by atoms with Crippen LogP contribution >= 0.6 is 23.2 Å². The van der Waals surface area contributed by atoms with Gasteiger partial charge in [0.25, 0.3) is 0 Å². The van der Waals surface area contributed by atoms with E-state index in [2.05, 4.69) is 31.4 Å². The quantitative estimate of drug-likeness (QED) is 0.322. The SMILES string of the molecule is C=CC[C@@]1(C)C[C@H](c2cccc(Cl)c2)C(c2ccc(Cl)cc2)N([C@@H](CC)CCCC(C)(C)O)C1=O. The first-order valence-corrected chi connectivity index (χ1v) is 13.4. The maximum Gasteiger partial charge on any atom is 0.229 e. The third kappa shape index (κ3) is 6.70. The van der Waals surface area contributed by atoms with Crippen LogP contribution in [0, 0.1) is 5.41 Å². The van der Waals surface area contributed by atoms with Crippen molar-refractivity contribution < 1.29 is 9.90 Å². The molecule has 5 heteroatoms. The predicted molar refractivity (Wildman–Crippen MR) is 147 cm³/mol. The van der Waals surface area contributed by atoms with Crippen molar-refractivity contribution in [3.05, 3.63) is 82.4 Å². The van der Waals surface area contributed by atoms with Gasteiger partial charge in [-0.2, -0.15) is 0 Å². The van der Waals surface area contributed by atoms with E-state index in [4.69, 9.17) is 23.2 Å². The topological polar surface area (TPSA) is 40.5 Å². The number of amides is 1. The van der Waals surface area contributed by atoms with Gasteiger partial charge in [-0.3, -0.25) is 4.79 Å². The van der Waals surface area contributed by atoms with Gasteiger partial charge in [0, 0.05) is 22.0 Å². The molecule has 0 aromatic heterocycles. The van der Waals surface area contributed by atoms with Crippen LogP contribution in [-0.4, -0.2) is 27.6 Å². The number of carbonyl (C=O) groups is 1. The number of likely N-dealkylation sites (tertiary alicyclic amines) is 1. The molecule has 1 fully saturated rings. The fraction of sp³-hybridized carbons (Fsp3) is 0.500. The molecule has 0 aliphatic carbocycles. The maximum absolute atomic E-state index is 14.3. The normalized spacial score (nSPS) is 23.9. The Bertz CT molecular complexity index is 1010. The molecule has 1 heterocycles. The summed E-state index contributed by atoms with van der Waals surface area (Å²) in [4.78, 5) is 16.4. The Labute approximate surface area is 221 Å². The Morgan fingerprint density at radius 2 is 1.86 bits per heavy atom. The molecule has 35 heavy (non-hydrogen) atoms. The van der Waals surface area contributed by atoms with Crippen LogP contribution < -0.4 is 0 Å². The number of halogens is 2. The van der Waals surface area contributed by atoms with Gasteiger partial charge in [-0.05, 0) is 87.8 Å². The minimum atomic E-state index is -0.722. The summed E-state index contributed by atoms with van der Waals surface area (Å²) in [5.74, 6) is 0.242. The van der Waals surface area contributed by atoms with E-state index in [1.165, 1.54) is 0 Å². The molecule has 1 N–H and O–H groups in total. The minimum Gasteiger partial charge on any atom is -0.390 e. The van der Waals surface area contributed by atoms with Crippen LogP contribution in [0.1, 0.15) is 89.3 Å². The van der Waals surface area contributed by atoms with Gasteiger partial charge in [0.05, 0.1) is 17.1 Å². The second kappa shape index (κ2) is 11.5. The highest BCUT2D eigenvalue weighted by atomic mass is 35.5. The van der Waals surface area contributed by atoms with Crippen LogP contribution in [0.25, 0.3) is 0 Å². The van der Waals surface area contributed by atoms with Crippen molar-refractivity contribution in [2.45, 2.75) is 89.8 Å². The molecule has 0 radical (unpaired) electrons. The minimum absolute atomic E-state index is 0.0525. The Balaban J connectivity index is 2.13. The molecular formula is C30H39Cl2NO2.